The van der Waals surface area contributed by atoms with Gasteiger partial charge in [0.25, 0.3) is 5.91 Å². The summed E-state index contributed by atoms with van der Waals surface area (Å²) >= 11 is 0. The van der Waals surface area contributed by atoms with E-state index < -0.39 is 0 Å². The number of anilines is 1. The van der Waals surface area contributed by atoms with Gasteiger partial charge in [-0.3, -0.25) is 4.79 Å². The van der Waals surface area contributed by atoms with Crippen LogP contribution in [0.15, 0.2) is 24.3 Å². The Morgan fingerprint density at radius 1 is 1.53 bits per heavy atom. The summed E-state index contributed by atoms with van der Waals surface area (Å²) in [5.74, 6) is 0.540. The van der Waals surface area contributed by atoms with Gasteiger partial charge >= 0.3 is 0 Å². The zero-order valence-corrected chi connectivity index (χ0v) is 11.1. The number of amides is 1. The van der Waals surface area contributed by atoms with Crippen molar-refractivity contribution in [3.05, 3.63) is 24.3 Å². The van der Waals surface area contributed by atoms with Crippen LogP contribution >= 0.6 is 0 Å². The Kier molecular flexibility index (Phi) is 5.03. The second-order valence-electron chi connectivity index (χ2n) is 4.51. The first-order chi connectivity index (χ1) is 9.28. The van der Waals surface area contributed by atoms with E-state index >= 15 is 0 Å². The molecule has 1 aromatic carbocycles. The van der Waals surface area contributed by atoms with E-state index in [1.165, 1.54) is 0 Å². The molecule has 1 aliphatic rings. The minimum absolute atomic E-state index is 0.0334. The average Bonchev–Trinajstić information content (AvgIpc) is 2.96. The van der Waals surface area contributed by atoms with E-state index in [2.05, 4.69) is 10.6 Å². The fourth-order valence-corrected chi connectivity index (χ4v) is 1.95. The van der Waals surface area contributed by atoms with Crippen LogP contribution in [-0.4, -0.2) is 38.8 Å². The molecule has 0 saturated carbocycles. The van der Waals surface area contributed by atoms with Crippen LogP contribution in [-0.2, 0) is 9.53 Å². The highest BCUT2D eigenvalue weighted by molar-refractivity contribution is 5.77. The summed E-state index contributed by atoms with van der Waals surface area (Å²) in [5.41, 5.74) is 0.977. The lowest BCUT2D eigenvalue weighted by Gasteiger charge is -2.13. The zero-order chi connectivity index (χ0) is 13.5. The molecule has 0 aliphatic carbocycles. The van der Waals surface area contributed by atoms with Crippen LogP contribution < -0.4 is 15.4 Å². The summed E-state index contributed by atoms with van der Waals surface area (Å²) in [4.78, 5) is 11.1. The van der Waals surface area contributed by atoms with Gasteiger partial charge in [0.15, 0.2) is 6.61 Å². The van der Waals surface area contributed by atoms with E-state index in [1.54, 1.807) is 7.05 Å². The zero-order valence-electron chi connectivity index (χ0n) is 11.1. The van der Waals surface area contributed by atoms with Gasteiger partial charge in [-0.15, -0.1) is 0 Å². The van der Waals surface area contributed by atoms with Crippen molar-refractivity contribution in [2.75, 3.05) is 32.1 Å². The molecule has 1 unspecified atom stereocenters. The predicted molar refractivity (Wildman–Crippen MR) is 73.5 cm³/mol. The minimum atomic E-state index is -0.141. The molecular weight excluding hydrogens is 244 g/mol. The summed E-state index contributed by atoms with van der Waals surface area (Å²) in [6.45, 7) is 1.70. The molecule has 2 rings (SSSR count). The van der Waals surface area contributed by atoms with Crippen LogP contribution in [0.3, 0.4) is 0 Å². The van der Waals surface area contributed by atoms with Gasteiger partial charge in [-0.05, 0) is 25.0 Å². The molecule has 5 heteroatoms. The van der Waals surface area contributed by atoms with Gasteiger partial charge in [-0.2, -0.15) is 0 Å². The second kappa shape index (κ2) is 6.99. The number of likely N-dealkylation sites (N-methyl/N-ethyl adjacent to an activating group) is 1. The molecule has 1 fully saturated rings. The van der Waals surface area contributed by atoms with Crippen molar-refractivity contribution in [3.8, 4) is 5.75 Å². The molecule has 0 aromatic heterocycles. The average molecular weight is 264 g/mol. The summed E-state index contributed by atoms with van der Waals surface area (Å²) in [6.07, 6.45) is 2.55. The number of nitrogens with one attached hydrogen (secondary N) is 2. The summed E-state index contributed by atoms with van der Waals surface area (Å²) in [7, 11) is 1.59. The highest BCUT2D eigenvalue weighted by Crippen LogP contribution is 2.18. The van der Waals surface area contributed by atoms with Crippen molar-refractivity contribution in [3.63, 3.8) is 0 Å². The Bertz CT molecular complexity index is 417. The second-order valence-corrected chi connectivity index (χ2v) is 4.51. The molecule has 5 nitrogen and oxygen atoms in total. The van der Waals surface area contributed by atoms with Crippen molar-refractivity contribution >= 4 is 11.6 Å². The number of rotatable bonds is 6. The SMILES string of the molecule is CNC(=O)COc1cccc(NCC2CCCO2)c1. The van der Waals surface area contributed by atoms with Crippen molar-refractivity contribution < 1.29 is 14.3 Å². The van der Waals surface area contributed by atoms with Gasteiger partial charge in [0.05, 0.1) is 6.10 Å². The largest absolute Gasteiger partial charge is 0.484 e. The van der Waals surface area contributed by atoms with Gasteiger partial charge in [0.2, 0.25) is 0 Å². The van der Waals surface area contributed by atoms with E-state index in [9.17, 15) is 4.79 Å². The normalized spacial score (nSPS) is 18.1. The van der Waals surface area contributed by atoms with Crippen LogP contribution in [0.25, 0.3) is 0 Å². The van der Waals surface area contributed by atoms with Crippen molar-refractivity contribution in [1.29, 1.82) is 0 Å². The first kappa shape index (κ1) is 13.7. The van der Waals surface area contributed by atoms with Crippen LogP contribution in [0.5, 0.6) is 5.75 Å². The maximum absolute atomic E-state index is 11.1. The number of carbonyl (C=O) groups excluding carboxylic acids is 1. The van der Waals surface area contributed by atoms with Crippen molar-refractivity contribution in [2.24, 2.45) is 0 Å². The number of carbonyl (C=O) groups is 1. The van der Waals surface area contributed by atoms with Crippen LogP contribution in [0.1, 0.15) is 12.8 Å². The van der Waals surface area contributed by atoms with E-state index in [-0.39, 0.29) is 12.5 Å². The highest BCUT2D eigenvalue weighted by atomic mass is 16.5. The van der Waals surface area contributed by atoms with Gasteiger partial charge < -0.3 is 20.1 Å². The molecule has 1 saturated heterocycles. The molecule has 0 spiro atoms. The number of hydrogen-bond donors (Lipinski definition) is 2. The Morgan fingerprint density at radius 2 is 2.42 bits per heavy atom. The standard InChI is InChI=1S/C14H20N2O3/c1-15-14(17)10-19-12-5-2-4-11(8-12)16-9-13-6-3-7-18-13/h2,4-5,8,13,16H,3,6-7,9-10H2,1H3,(H,15,17). The molecule has 2 N–H and O–H groups in total. The molecule has 1 heterocycles. The monoisotopic (exact) mass is 264 g/mol. The summed E-state index contributed by atoms with van der Waals surface area (Å²) < 4.78 is 10.9. The van der Waals surface area contributed by atoms with Crippen molar-refractivity contribution in [1.82, 2.24) is 5.32 Å². The Morgan fingerprint density at radius 3 is 3.16 bits per heavy atom. The van der Waals surface area contributed by atoms with E-state index in [4.69, 9.17) is 9.47 Å². The lowest BCUT2D eigenvalue weighted by Crippen LogP contribution is -2.24. The van der Waals surface area contributed by atoms with E-state index in [0.717, 1.165) is 31.7 Å². The lowest BCUT2D eigenvalue weighted by atomic mass is 10.2. The summed E-state index contributed by atoms with van der Waals surface area (Å²) in [5, 5.41) is 5.84. The smallest absolute Gasteiger partial charge is 0.257 e. The van der Waals surface area contributed by atoms with Gasteiger partial charge in [-0.25, -0.2) is 0 Å². The molecule has 0 bridgehead atoms. The molecule has 1 aliphatic heterocycles. The predicted octanol–water partition coefficient (Wildman–Crippen LogP) is 1.40. The summed E-state index contributed by atoms with van der Waals surface area (Å²) in [6, 6.07) is 7.59. The van der Waals surface area contributed by atoms with Gasteiger partial charge in [0, 0.05) is 32.0 Å². The highest BCUT2D eigenvalue weighted by Gasteiger charge is 2.14. The molecule has 19 heavy (non-hydrogen) atoms. The molecule has 1 aromatic rings. The third-order valence-electron chi connectivity index (χ3n) is 3.04. The van der Waals surface area contributed by atoms with E-state index in [0.29, 0.717) is 11.9 Å². The molecular formula is C14H20N2O3. The Hall–Kier alpha value is -1.75. The van der Waals surface area contributed by atoms with Gasteiger partial charge in [0.1, 0.15) is 5.75 Å². The molecule has 104 valence electrons. The first-order valence-electron chi connectivity index (χ1n) is 6.57. The van der Waals surface area contributed by atoms with Gasteiger partial charge in [-0.1, -0.05) is 6.07 Å². The number of hydrogen-bond acceptors (Lipinski definition) is 4. The van der Waals surface area contributed by atoms with Crippen LogP contribution in [0, 0.1) is 0 Å². The lowest BCUT2D eigenvalue weighted by molar-refractivity contribution is -0.122. The third kappa shape index (κ3) is 4.44. The fraction of sp³-hybridized carbons (Fsp3) is 0.500. The first-order valence-corrected chi connectivity index (χ1v) is 6.57. The van der Waals surface area contributed by atoms with Crippen LogP contribution in [0.2, 0.25) is 0 Å². The van der Waals surface area contributed by atoms with E-state index in [1.807, 2.05) is 24.3 Å². The van der Waals surface area contributed by atoms with Crippen LogP contribution in [0.4, 0.5) is 5.69 Å². The fourth-order valence-electron chi connectivity index (χ4n) is 1.95. The topological polar surface area (TPSA) is 59.6 Å². The molecule has 1 amide bonds. The number of benzene rings is 1. The Labute approximate surface area is 113 Å². The quantitative estimate of drug-likeness (QED) is 0.815. The maximum atomic E-state index is 11.1. The minimum Gasteiger partial charge on any atom is -0.484 e. The number of ether oxygens (including phenoxy) is 2. The third-order valence-corrected chi connectivity index (χ3v) is 3.04. The Balaban J connectivity index is 1.82. The maximum Gasteiger partial charge on any atom is 0.257 e. The van der Waals surface area contributed by atoms with Crippen molar-refractivity contribution in [2.45, 2.75) is 18.9 Å². The molecule has 1 atom stereocenters. The molecule has 0 radical (unpaired) electrons.